The van der Waals surface area contributed by atoms with Crippen LogP contribution in [0.1, 0.15) is 40.7 Å². The number of hydrogen-bond donors (Lipinski definition) is 0. The summed E-state index contributed by atoms with van der Waals surface area (Å²) < 4.78 is 16.3. The highest BCUT2D eigenvalue weighted by atomic mass is 32.1. The third-order valence-electron chi connectivity index (χ3n) is 4.29. The molecular formula is C17H18N4O4S. The molecule has 136 valence electrons. The lowest BCUT2D eigenvalue weighted by Gasteiger charge is -2.31. The molecule has 1 atom stereocenters. The second-order valence-electron chi connectivity index (χ2n) is 5.96. The van der Waals surface area contributed by atoms with Crippen LogP contribution in [-0.4, -0.2) is 45.8 Å². The average Bonchev–Trinajstić information content (AvgIpc) is 3.41. The van der Waals surface area contributed by atoms with Gasteiger partial charge < -0.3 is 18.7 Å². The Morgan fingerprint density at radius 1 is 1.38 bits per heavy atom. The minimum atomic E-state index is -0.445. The number of morpholine rings is 1. The van der Waals surface area contributed by atoms with Gasteiger partial charge in [0.2, 0.25) is 5.82 Å². The molecule has 0 spiro atoms. The zero-order valence-corrected chi connectivity index (χ0v) is 15.3. The first-order chi connectivity index (χ1) is 12.7. The number of hydrogen-bond acceptors (Lipinski definition) is 8. The summed E-state index contributed by atoms with van der Waals surface area (Å²) >= 11 is 1.54. The number of ether oxygens (including phenoxy) is 1. The summed E-state index contributed by atoms with van der Waals surface area (Å²) in [6.07, 6.45) is 0.194. The summed E-state index contributed by atoms with van der Waals surface area (Å²) in [6.45, 7) is 4.94. The number of rotatable bonds is 4. The maximum atomic E-state index is 12.9. The topological polar surface area (TPSA) is 94.5 Å². The van der Waals surface area contributed by atoms with Gasteiger partial charge in [-0.05, 0) is 24.8 Å². The third kappa shape index (κ3) is 3.04. The van der Waals surface area contributed by atoms with E-state index in [1.165, 1.54) is 11.3 Å². The molecule has 1 aliphatic heterocycles. The van der Waals surface area contributed by atoms with Crippen LogP contribution in [0, 0.1) is 6.92 Å². The lowest BCUT2D eigenvalue weighted by atomic mass is 10.1. The van der Waals surface area contributed by atoms with E-state index in [9.17, 15) is 4.79 Å². The molecule has 0 aromatic carbocycles. The Hall–Kier alpha value is -2.52. The van der Waals surface area contributed by atoms with Crippen molar-refractivity contribution in [1.82, 2.24) is 20.2 Å². The van der Waals surface area contributed by atoms with Crippen molar-refractivity contribution in [3.05, 3.63) is 40.4 Å². The molecule has 1 aliphatic rings. The molecule has 1 unspecified atom stereocenters. The van der Waals surface area contributed by atoms with Crippen molar-refractivity contribution >= 4 is 17.2 Å². The van der Waals surface area contributed by atoms with Crippen molar-refractivity contribution in [1.29, 1.82) is 0 Å². The van der Waals surface area contributed by atoms with Crippen LogP contribution in [0.3, 0.4) is 0 Å². The van der Waals surface area contributed by atoms with E-state index in [1.54, 1.807) is 11.8 Å². The van der Waals surface area contributed by atoms with E-state index in [0.29, 0.717) is 54.8 Å². The largest absolute Gasteiger partial charge is 0.365 e. The minimum Gasteiger partial charge on any atom is -0.365 e. The quantitative estimate of drug-likeness (QED) is 0.693. The van der Waals surface area contributed by atoms with Gasteiger partial charge in [-0.15, -0.1) is 11.3 Å². The number of aryl methyl sites for hydroxylation is 2. The van der Waals surface area contributed by atoms with E-state index < -0.39 is 6.10 Å². The van der Waals surface area contributed by atoms with Crippen LogP contribution in [0.4, 0.5) is 0 Å². The molecule has 0 N–H and O–H groups in total. The Balaban J connectivity index is 1.53. The number of nitrogens with zero attached hydrogens (tertiary/aromatic N) is 4. The zero-order chi connectivity index (χ0) is 18.1. The predicted octanol–water partition coefficient (Wildman–Crippen LogP) is 2.87. The molecule has 0 radical (unpaired) electrons. The highest BCUT2D eigenvalue weighted by molar-refractivity contribution is 7.13. The molecule has 3 aromatic rings. The number of amides is 1. The highest BCUT2D eigenvalue weighted by Gasteiger charge is 2.32. The van der Waals surface area contributed by atoms with E-state index in [-0.39, 0.29) is 5.91 Å². The summed E-state index contributed by atoms with van der Waals surface area (Å²) in [6, 6.07) is 3.86. The molecule has 0 saturated carbocycles. The minimum absolute atomic E-state index is 0.105. The Morgan fingerprint density at radius 2 is 2.27 bits per heavy atom. The van der Waals surface area contributed by atoms with Gasteiger partial charge >= 0.3 is 0 Å². The molecule has 0 aliphatic carbocycles. The fraction of sp³-hybridized carbons (Fsp3) is 0.412. The summed E-state index contributed by atoms with van der Waals surface area (Å²) in [4.78, 5) is 20.0. The second kappa shape index (κ2) is 7.00. The Labute approximate surface area is 153 Å². The number of aromatic nitrogens is 3. The standard InChI is InChI=1S/C17H18N4O4S/c1-3-11-14(10(2)24-19-11)17(22)21-6-7-23-12(9-21)16-18-15(20-25-16)13-5-4-8-26-13/h4-5,8,12H,3,6-7,9H2,1-2H3. The van der Waals surface area contributed by atoms with Crippen molar-refractivity contribution < 1.29 is 18.6 Å². The van der Waals surface area contributed by atoms with Gasteiger partial charge in [-0.25, -0.2) is 0 Å². The summed E-state index contributed by atoms with van der Waals surface area (Å²) in [5.74, 6) is 1.34. The van der Waals surface area contributed by atoms with Gasteiger partial charge in [-0.2, -0.15) is 4.98 Å². The second-order valence-corrected chi connectivity index (χ2v) is 6.91. The normalized spacial score (nSPS) is 17.6. The van der Waals surface area contributed by atoms with Crippen molar-refractivity contribution in [3.63, 3.8) is 0 Å². The van der Waals surface area contributed by atoms with Crippen LogP contribution in [0.25, 0.3) is 10.7 Å². The molecule has 26 heavy (non-hydrogen) atoms. The van der Waals surface area contributed by atoms with Crippen LogP contribution in [0.2, 0.25) is 0 Å². The zero-order valence-electron chi connectivity index (χ0n) is 14.5. The Kier molecular flexibility index (Phi) is 4.56. The van der Waals surface area contributed by atoms with Crippen molar-refractivity contribution in [3.8, 4) is 10.7 Å². The molecule has 4 rings (SSSR count). The molecule has 3 aromatic heterocycles. The number of carbonyl (C=O) groups excluding carboxylic acids is 1. The molecular weight excluding hydrogens is 356 g/mol. The van der Waals surface area contributed by atoms with E-state index in [1.807, 2.05) is 24.4 Å². The van der Waals surface area contributed by atoms with E-state index in [4.69, 9.17) is 13.8 Å². The van der Waals surface area contributed by atoms with Crippen LogP contribution < -0.4 is 0 Å². The predicted molar refractivity (Wildman–Crippen MR) is 92.8 cm³/mol. The van der Waals surface area contributed by atoms with E-state index in [2.05, 4.69) is 15.3 Å². The number of carbonyl (C=O) groups is 1. The first kappa shape index (κ1) is 16.9. The van der Waals surface area contributed by atoms with Gasteiger partial charge in [0, 0.05) is 6.54 Å². The van der Waals surface area contributed by atoms with Gasteiger partial charge in [0.15, 0.2) is 6.10 Å². The summed E-state index contributed by atoms with van der Waals surface area (Å²) in [7, 11) is 0. The lowest BCUT2D eigenvalue weighted by Crippen LogP contribution is -2.42. The van der Waals surface area contributed by atoms with Gasteiger partial charge in [0.25, 0.3) is 11.8 Å². The first-order valence-corrected chi connectivity index (χ1v) is 9.28. The molecule has 1 amide bonds. The molecule has 1 fully saturated rings. The maximum Gasteiger partial charge on any atom is 0.259 e. The van der Waals surface area contributed by atoms with Crippen molar-refractivity contribution in [2.45, 2.75) is 26.4 Å². The average molecular weight is 374 g/mol. The molecule has 9 heteroatoms. The Morgan fingerprint density at radius 3 is 3.04 bits per heavy atom. The first-order valence-electron chi connectivity index (χ1n) is 8.41. The SMILES string of the molecule is CCc1noc(C)c1C(=O)N1CCOC(c2nc(-c3cccs3)no2)C1. The van der Waals surface area contributed by atoms with Crippen molar-refractivity contribution in [2.75, 3.05) is 19.7 Å². The van der Waals surface area contributed by atoms with Gasteiger partial charge in [-0.1, -0.05) is 23.3 Å². The van der Waals surface area contributed by atoms with Crippen LogP contribution in [0.15, 0.2) is 26.6 Å². The summed E-state index contributed by atoms with van der Waals surface area (Å²) in [5.41, 5.74) is 1.21. The van der Waals surface area contributed by atoms with Crippen molar-refractivity contribution in [2.24, 2.45) is 0 Å². The van der Waals surface area contributed by atoms with Gasteiger partial charge in [0.05, 0.1) is 23.7 Å². The molecule has 4 heterocycles. The van der Waals surface area contributed by atoms with Crippen LogP contribution >= 0.6 is 11.3 Å². The summed E-state index contributed by atoms with van der Waals surface area (Å²) in [5, 5.41) is 9.93. The van der Waals surface area contributed by atoms with E-state index >= 15 is 0 Å². The fourth-order valence-corrected chi connectivity index (χ4v) is 3.60. The Bertz CT molecular complexity index is 902. The monoisotopic (exact) mass is 374 g/mol. The van der Waals surface area contributed by atoms with Gasteiger partial charge in [-0.3, -0.25) is 4.79 Å². The smallest absolute Gasteiger partial charge is 0.259 e. The number of thiophene rings is 1. The highest BCUT2D eigenvalue weighted by Crippen LogP contribution is 2.27. The molecule has 0 bridgehead atoms. The molecule has 1 saturated heterocycles. The van der Waals surface area contributed by atoms with Crippen LogP contribution in [0.5, 0.6) is 0 Å². The van der Waals surface area contributed by atoms with E-state index in [0.717, 1.165) is 4.88 Å². The van der Waals surface area contributed by atoms with Crippen LogP contribution in [-0.2, 0) is 11.2 Å². The molecule has 8 nitrogen and oxygen atoms in total. The van der Waals surface area contributed by atoms with Gasteiger partial charge in [0.1, 0.15) is 11.3 Å². The maximum absolute atomic E-state index is 12.9. The third-order valence-corrected chi connectivity index (χ3v) is 5.16. The lowest BCUT2D eigenvalue weighted by molar-refractivity contribution is -0.0368. The fourth-order valence-electron chi connectivity index (χ4n) is 2.95.